The number of nitrogens with two attached hydrogens (primary N) is 1. The summed E-state index contributed by atoms with van der Waals surface area (Å²) in [6, 6.07) is 10.6. The molecule has 5 heteroatoms. The predicted octanol–water partition coefficient (Wildman–Crippen LogP) is 3.35. The van der Waals surface area contributed by atoms with Gasteiger partial charge in [-0.25, -0.2) is 0 Å². The Morgan fingerprint density at radius 2 is 1.88 bits per heavy atom. The highest BCUT2D eigenvalue weighted by Crippen LogP contribution is 2.26. The van der Waals surface area contributed by atoms with Crippen LogP contribution in [0.4, 0.5) is 10.7 Å². The lowest BCUT2D eigenvalue weighted by Crippen LogP contribution is -2.10. The van der Waals surface area contributed by atoms with Crippen molar-refractivity contribution >= 4 is 43.9 Å². The van der Waals surface area contributed by atoms with Crippen LogP contribution in [0.15, 0.2) is 40.2 Å². The van der Waals surface area contributed by atoms with Gasteiger partial charge in [0.15, 0.2) is 0 Å². The molecule has 3 N–H and O–H groups in total. The van der Waals surface area contributed by atoms with Crippen LogP contribution in [0.3, 0.4) is 0 Å². The second-order valence-corrected chi connectivity index (χ2v) is 5.64. The maximum absolute atomic E-state index is 11.8. The largest absolute Gasteiger partial charge is 0.399 e. The number of anilines is 2. The summed E-state index contributed by atoms with van der Waals surface area (Å²) in [7, 11) is 0. The van der Waals surface area contributed by atoms with Crippen molar-refractivity contribution in [2.45, 2.75) is 0 Å². The third-order valence-corrected chi connectivity index (χ3v) is 3.52. The molecule has 0 aliphatic carbocycles. The van der Waals surface area contributed by atoms with Crippen LogP contribution < -0.4 is 11.1 Å². The van der Waals surface area contributed by atoms with Gasteiger partial charge in [0, 0.05) is 11.3 Å². The Morgan fingerprint density at radius 1 is 1.19 bits per heavy atom. The van der Waals surface area contributed by atoms with Crippen LogP contribution >= 0.6 is 27.3 Å². The SMILES string of the molecule is Nc1ccc(C(=O)Nc2ccc(Br)s2)cc1. The smallest absolute Gasteiger partial charge is 0.256 e. The second-order valence-electron chi connectivity index (χ2n) is 3.18. The molecule has 1 heterocycles. The van der Waals surface area contributed by atoms with Gasteiger partial charge in [-0.05, 0) is 52.3 Å². The van der Waals surface area contributed by atoms with Gasteiger partial charge in [-0.1, -0.05) is 0 Å². The third-order valence-electron chi connectivity index (χ3n) is 1.98. The first-order valence-electron chi connectivity index (χ1n) is 4.57. The topological polar surface area (TPSA) is 55.1 Å². The van der Waals surface area contributed by atoms with E-state index in [1.165, 1.54) is 11.3 Å². The van der Waals surface area contributed by atoms with E-state index in [-0.39, 0.29) is 5.91 Å². The first-order chi connectivity index (χ1) is 7.65. The molecule has 82 valence electrons. The minimum absolute atomic E-state index is 0.130. The number of halogens is 1. The van der Waals surface area contributed by atoms with Crippen LogP contribution in [0.1, 0.15) is 10.4 Å². The summed E-state index contributed by atoms with van der Waals surface area (Å²) in [5, 5.41) is 3.62. The molecule has 0 atom stereocenters. The molecule has 3 nitrogen and oxygen atoms in total. The second kappa shape index (κ2) is 4.67. The van der Waals surface area contributed by atoms with E-state index in [2.05, 4.69) is 21.2 Å². The number of nitrogen functional groups attached to an aromatic ring is 1. The van der Waals surface area contributed by atoms with Gasteiger partial charge in [0.25, 0.3) is 5.91 Å². The molecule has 1 aromatic carbocycles. The molecule has 2 aromatic rings. The number of carbonyl (C=O) groups is 1. The van der Waals surface area contributed by atoms with Crippen LogP contribution in [-0.2, 0) is 0 Å². The highest BCUT2D eigenvalue weighted by Gasteiger charge is 2.06. The van der Waals surface area contributed by atoms with E-state index in [0.717, 1.165) is 8.79 Å². The van der Waals surface area contributed by atoms with Gasteiger partial charge in [-0.3, -0.25) is 4.79 Å². The predicted molar refractivity (Wildman–Crippen MR) is 70.8 cm³/mol. The fourth-order valence-corrected chi connectivity index (χ4v) is 2.48. The number of rotatable bonds is 2. The van der Waals surface area contributed by atoms with Crippen molar-refractivity contribution in [2.24, 2.45) is 0 Å². The van der Waals surface area contributed by atoms with Crippen molar-refractivity contribution in [1.29, 1.82) is 0 Å². The van der Waals surface area contributed by atoms with Gasteiger partial charge in [-0.2, -0.15) is 0 Å². The summed E-state index contributed by atoms with van der Waals surface area (Å²) in [5.74, 6) is -0.130. The molecule has 0 aliphatic rings. The Morgan fingerprint density at radius 3 is 2.44 bits per heavy atom. The monoisotopic (exact) mass is 296 g/mol. The average Bonchev–Trinajstić information content (AvgIpc) is 2.65. The molecule has 0 saturated heterocycles. The maximum atomic E-state index is 11.8. The third kappa shape index (κ3) is 2.62. The number of thiophene rings is 1. The maximum Gasteiger partial charge on any atom is 0.256 e. The van der Waals surface area contributed by atoms with Gasteiger partial charge in [0.1, 0.15) is 0 Å². The molecule has 0 fully saturated rings. The summed E-state index contributed by atoms with van der Waals surface area (Å²) in [6.45, 7) is 0. The molecular weight excluding hydrogens is 288 g/mol. The van der Waals surface area contributed by atoms with Gasteiger partial charge in [0.2, 0.25) is 0 Å². The Kier molecular flexibility index (Phi) is 3.26. The molecular formula is C11H9BrN2OS. The molecule has 1 aromatic heterocycles. The lowest BCUT2D eigenvalue weighted by Gasteiger charge is -2.02. The molecule has 0 radical (unpaired) electrons. The molecule has 2 rings (SSSR count). The lowest BCUT2D eigenvalue weighted by atomic mass is 10.2. The molecule has 0 unspecified atom stereocenters. The van der Waals surface area contributed by atoms with Crippen molar-refractivity contribution < 1.29 is 4.79 Å². The van der Waals surface area contributed by atoms with E-state index in [1.807, 2.05) is 12.1 Å². The number of benzene rings is 1. The van der Waals surface area contributed by atoms with Crippen molar-refractivity contribution in [2.75, 3.05) is 11.1 Å². The fourth-order valence-electron chi connectivity index (χ4n) is 1.20. The van der Waals surface area contributed by atoms with E-state index in [4.69, 9.17) is 5.73 Å². The summed E-state index contributed by atoms with van der Waals surface area (Å²) in [6.07, 6.45) is 0. The van der Waals surface area contributed by atoms with Crippen LogP contribution in [0.25, 0.3) is 0 Å². The Labute approximate surface area is 105 Å². The highest BCUT2D eigenvalue weighted by molar-refractivity contribution is 9.11. The highest BCUT2D eigenvalue weighted by atomic mass is 79.9. The molecule has 0 aliphatic heterocycles. The quantitative estimate of drug-likeness (QED) is 0.835. The minimum atomic E-state index is -0.130. The number of amides is 1. The van der Waals surface area contributed by atoms with Crippen LogP contribution in [-0.4, -0.2) is 5.91 Å². The minimum Gasteiger partial charge on any atom is -0.399 e. The number of hydrogen-bond acceptors (Lipinski definition) is 3. The van der Waals surface area contributed by atoms with Gasteiger partial charge < -0.3 is 11.1 Å². The first kappa shape index (κ1) is 11.2. The Hall–Kier alpha value is -1.33. The Balaban J connectivity index is 2.11. The van der Waals surface area contributed by atoms with Gasteiger partial charge >= 0.3 is 0 Å². The van der Waals surface area contributed by atoms with Gasteiger partial charge in [0.05, 0.1) is 8.79 Å². The summed E-state index contributed by atoms with van der Waals surface area (Å²) < 4.78 is 0.986. The average molecular weight is 297 g/mol. The number of nitrogens with one attached hydrogen (secondary N) is 1. The van der Waals surface area contributed by atoms with E-state index >= 15 is 0 Å². The lowest BCUT2D eigenvalue weighted by molar-refractivity contribution is 0.102. The van der Waals surface area contributed by atoms with Crippen LogP contribution in [0.2, 0.25) is 0 Å². The van der Waals surface area contributed by atoms with Crippen LogP contribution in [0.5, 0.6) is 0 Å². The van der Waals surface area contributed by atoms with Crippen molar-refractivity contribution in [3.8, 4) is 0 Å². The van der Waals surface area contributed by atoms with Crippen molar-refractivity contribution in [3.05, 3.63) is 45.7 Å². The molecule has 0 bridgehead atoms. The normalized spacial score (nSPS) is 10.1. The molecule has 0 saturated carbocycles. The fraction of sp³-hybridized carbons (Fsp3) is 0. The van der Waals surface area contributed by atoms with Crippen LogP contribution in [0, 0.1) is 0 Å². The van der Waals surface area contributed by atoms with Gasteiger partial charge in [-0.15, -0.1) is 11.3 Å². The van der Waals surface area contributed by atoms with Crippen molar-refractivity contribution in [3.63, 3.8) is 0 Å². The van der Waals surface area contributed by atoms with E-state index in [9.17, 15) is 4.79 Å². The molecule has 0 spiro atoms. The number of hydrogen-bond donors (Lipinski definition) is 2. The van der Waals surface area contributed by atoms with E-state index < -0.39 is 0 Å². The summed E-state index contributed by atoms with van der Waals surface area (Å²) in [5.41, 5.74) is 6.79. The molecule has 1 amide bonds. The van der Waals surface area contributed by atoms with Crippen molar-refractivity contribution in [1.82, 2.24) is 0 Å². The standard InChI is InChI=1S/C11H9BrN2OS/c12-9-5-6-10(16-9)14-11(15)7-1-3-8(13)4-2-7/h1-6H,13H2,(H,14,15). The van der Waals surface area contributed by atoms with E-state index in [0.29, 0.717) is 11.3 Å². The molecule has 16 heavy (non-hydrogen) atoms. The van der Waals surface area contributed by atoms with E-state index in [1.54, 1.807) is 24.3 Å². The Bertz CT molecular complexity index is 507. The first-order valence-corrected chi connectivity index (χ1v) is 6.18. The summed E-state index contributed by atoms with van der Waals surface area (Å²) >= 11 is 4.81. The zero-order valence-electron chi connectivity index (χ0n) is 8.24. The zero-order chi connectivity index (χ0) is 11.5. The summed E-state index contributed by atoms with van der Waals surface area (Å²) in [4.78, 5) is 11.8. The number of carbonyl (C=O) groups excluding carboxylic acids is 1. The zero-order valence-corrected chi connectivity index (χ0v) is 10.6.